The monoisotopic (exact) mass is 391 g/mol. The number of carbonyl (C=O) groups excluding carboxylic acids is 1. The van der Waals surface area contributed by atoms with E-state index < -0.39 is 0 Å². The Bertz CT molecular complexity index is 1030. The van der Waals surface area contributed by atoms with Gasteiger partial charge in [-0.3, -0.25) is 9.20 Å². The van der Waals surface area contributed by atoms with Crippen LogP contribution in [0.1, 0.15) is 41.6 Å². The van der Waals surface area contributed by atoms with Gasteiger partial charge in [-0.15, -0.1) is 0 Å². The molecule has 1 saturated carbocycles. The lowest BCUT2D eigenvalue weighted by atomic mass is 10.2. The van der Waals surface area contributed by atoms with Crippen LogP contribution in [0.3, 0.4) is 0 Å². The standard InChI is InChI=1S/C21H25N7O/c22-21(23)27-17-7-5-14(6-8-17)12-24-19-13-25-18-11-15(9-10-28(18)19)20(29)26-16-3-1-2-4-16/h5-11,13,16,24H,1-4,12H2,(H,26,29)(H4,22,23,27). The van der Waals surface area contributed by atoms with Crippen molar-refractivity contribution in [3.8, 4) is 0 Å². The van der Waals surface area contributed by atoms with Crippen molar-refractivity contribution in [3.05, 3.63) is 59.9 Å². The molecule has 6 N–H and O–H groups in total. The fraction of sp³-hybridized carbons (Fsp3) is 0.286. The maximum atomic E-state index is 12.5. The fourth-order valence-corrected chi connectivity index (χ4v) is 3.62. The van der Waals surface area contributed by atoms with Crippen LogP contribution in [0.2, 0.25) is 0 Å². The molecule has 150 valence electrons. The highest BCUT2D eigenvalue weighted by Crippen LogP contribution is 2.19. The highest BCUT2D eigenvalue weighted by atomic mass is 16.1. The number of rotatable bonds is 6. The molecule has 1 amide bonds. The fourth-order valence-electron chi connectivity index (χ4n) is 3.62. The summed E-state index contributed by atoms with van der Waals surface area (Å²) >= 11 is 0. The molecule has 0 unspecified atom stereocenters. The number of aromatic nitrogens is 2. The lowest BCUT2D eigenvalue weighted by Gasteiger charge is -2.12. The maximum absolute atomic E-state index is 12.5. The van der Waals surface area contributed by atoms with E-state index in [1.54, 1.807) is 6.20 Å². The van der Waals surface area contributed by atoms with Gasteiger partial charge in [0.2, 0.25) is 0 Å². The smallest absolute Gasteiger partial charge is 0.251 e. The first kappa shape index (κ1) is 18.8. The summed E-state index contributed by atoms with van der Waals surface area (Å²) in [5.74, 6) is 0.867. The van der Waals surface area contributed by atoms with Crippen LogP contribution >= 0.6 is 0 Å². The molecule has 8 nitrogen and oxygen atoms in total. The van der Waals surface area contributed by atoms with Crippen molar-refractivity contribution in [2.75, 3.05) is 5.32 Å². The van der Waals surface area contributed by atoms with E-state index in [4.69, 9.17) is 11.5 Å². The van der Waals surface area contributed by atoms with Crippen molar-refractivity contribution in [1.29, 1.82) is 0 Å². The van der Waals surface area contributed by atoms with E-state index in [1.165, 1.54) is 12.8 Å². The largest absolute Gasteiger partial charge is 0.370 e. The number of guanidine groups is 1. The second-order valence-corrected chi connectivity index (χ2v) is 7.30. The van der Waals surface area contributed by atoms with Gasteiger partial charge in [0, 0.05) is 24.3 Å². The number of fused-ring (bicyclic) bond motifs is 1. The molecule has 8 heteroatoms. The van der Waals surface area contributed by atoms with Crippen molar-refractivity contribution in [2.24, 2.45) is 16.5 Å². The molecule has 2 aromatic heterocycles. The Kier molecular flexibility index (Phi) is 5.33. The molecule has 0 saturated heterocycles. The summed E-state index contributed by atoms with van der Waals surface area (Å²) < 4.78 is 1.93. The van der Waals surface area contributed by atoms with Crippen LogP contribution in [-0.2, 0) is 6.54 Å². The number of imidazole rings is 1. The van der Waals surface area contributed by atoms with Crippen LogP contribution in [0.5, 0.6) is 0 Å². The number of anilines is 1. The first-order chi connectivity index (χ1) is 14.1. The topological polar surface area (TPSA) is 123 Å². The number of nitrogens with zero attached hydrogens (tertiary/aromatic N) is 3. The SMILES string of the molecule is NC(N)=Nc1ccc(CNc2cnc3cc(C(=O)NC4CCCC4)ccn23)cc1. The summed E-state index contributed by atoms with van der Waals surface area (Å²) in [7, 11) is 0. The van der Waals surface area contributed by atoms with Gasteiger partial charge in [-0.25, -0.2) is 9.98 Å². The molecule has 0 spiro atoms. The molecule has 0 aliphatic heterocycles. The summed E-state index contributed by atoms with van der Waals surface area (Å²) in [5, 5.41) is 6.48. The average molecular weight is 391 g/mol. The quantitative estimate of drug-likeness (QED) is 0.380. The number of amides is 1. The van der Waals surface area contributed by atoms with Gasteiger partial charge in [0.15, 0.2) is 5.96 Å². The molecule has 2 heterocycles. The van der Waals surface area contributed by atoms with E-state index in [1.807, 2.05) is 47.0 Å². The van der Waals surface area contributed by atoms with Crippen LogP contribution < -0.4 is 22.1 Å². The van der Waals surface area contributed by atoms with E-state index >= 15 is 0 Å². The van der Waals surface area contributed by atoms with Crippen molar-refractivity contribution < 1.29 is 4.79 Å². The number of carbonyl (C=O) groups is 1. The minimum atomic E-state index is -0.0298. The first-order valence-electron chi connectivity index (χ1n) is 9.79. The van der Waals surface area contributed by atoms with Crippen molar-refractivity contribution in [2.45, 2.75) is 38.3 Å². The third-order valence-electron chi connectivity index (χ3n) is 5.13. The second-order valence-electron chi connectivity index (χ2n) is 7.30. The molecule has 4 rings (SSSR count). The molecule has 1 aliphatic rings. The predicted molar refractivity (Wildman–Crippen MR) is 114 cm³/mol. The summed E-state index contributed by atoms with van der Waals surface area (Å²) in [6, 6.07) is 11.6. The molecule has 0 atom stereocenters. The van der Waals surface area contributed by atoms with Gasteiger partial charge in [0.25, 0.3) is 5.91 Å². The first-order valence-corrected chi connectivity index (χ1v) is 9.79. The van der Waals surface area contributed by atoms with Crippen molar-refractivity contribution >= 4 is 29.0 Å². The van der Waals surface area contributed by atoms with E-state index in [-0.39, 0.29) is 11.9 Å². The van der Waals surface area contributed by atoms with Gasteiger partial charge in [-0.2, -0.15) is 0 Å². The number of hydrogen-bond acceptors (Lipinski definition) is 4. The molecule has 0 bridgehead atoms. The van der Waals surface area contributed by atoms with Gasteiger partial charge in [-0.05, 0) is 42.7 Å². The Balaban J connectivity index is 1.42. The van der Waals surface area contributed by atoms with Gasteiger partial charge < -0.3 is 22.1 Å². The van der Waals surface area contributed by atoms with E-state index in [9.17, 15) is 4.79 Å². The summed E-state index contributed by atoms with van der Waals surface area (Å²) in [6.45, 7) is 0.625. The number of pyridine rings is 1. The Hall–Kier alpha value is -3.55. The minimum Gasteiger partial charge on any atom is -0.370 e. The average Bonchev–Trinajstić information content (AvgIpc) is 3.36. The van der Waals surface area contributed by atoms with Crippen LogP contribution in [0.25, 0.3) is 5.65 Å². The Morgan fingerprint density at radius 2 is 1.93 bits per heavy atom. The maximum Gasteiger partial charge on any atom is 0.251 e. The number of benzene rings is 1. The lowest BCUT2D eigenvalue weighted by molar-refractivity contribution is 0.0938. The van der Waals surface area contributed by atoms with Crippen LogP contribution in [0.15, 0.2) is 53.8 Å². The Labute approximate surface area is 169 Å². The Morgan fingerprint density at radius 3 is 2.66 bits per heavy atom. The molecule has 29 heavy (non-hydrogen) atoms. The van der Waals surface area contributed by atoms with Crippen LogP contribution in [0, 0.1) is 0 Å². The van der Waals surface area contributed by atoms with Crippen molar-refractivity contribution in [3.63, 3.8) is 0 Å². The van der Waals surface area contributed by atoms with E-state index in [0.717, 1.165) is 29.9 Å². The highest BCUT2D eigenvalue weighted by Gasteiger charge is 2.18. The predicted octanol–water partition coefficient (Wildman–Crippen LogP) is 2.52. The van der Waals surface area contributed by atoms with Gasteiger partial charge in [0.05, 0.1) is 11.9 Å². The minimum absolute atomic E-state index is 0.0298. The van der Waals surface area contributed by atoms with E-state index in [2.05, 4.69) is 20.6 Å². The molecule has 1 aromatic carbocycles. The third-order valence-corrected chi connectivity index (χ3v) is 5.13. The van der Waals surface area contributed by atoms with Crippen molar-refractivity contribution in [1.82, 2.24) is 14.7 Å². The molecular weight excluding hydrogens is 366 g/mol. The summed E-state index contributed by atoms with van der Waals surface area (Å²) in [4.78, 5) is 20.9. The Morgan fingerprint density at radius 1 is 1.17 bits per heavy atom. The molecule has 1 fully saturated rings. The third kappa shape index (κ3) is 4.48. The van der Waals surface area contributed by atoms with Crippen LogP contribution in [0.4, 0.5) is 11.5 Å². The zero-order valence-corrected chi connectivity index (χ0v) is 16.1. The molecule has 3 aromatic rings. The zero-order valence-electron chi connectivity index (χ0n) is 16.1. The molecule has 0 radical (unpaired) electrons. The molecular formula is C21H25N7O. The highest BCUT2D eigenvalue weighted by molar-refractivity contribution is 5.95. The molecule has 1 aliphatic carbocycles. The number of aliphatic imine (C=N–C) groups is 1. The van der Waals surface area contributed by atoms with E-state index in [0.29, 0.717) is 23.8 Å². The normalized spacial score (nSPS) is 14.1. The zero-order chi connectivity index (χ0) is 20.2. The number of hydrogen-bond donors (Lipinski definition) is 4. The van der Waals surface area contributed by atoms with Gasteiger partial charge >= 0.3 is 0 Å². The summed E-state index contributed by atoms with van der Waals surface area (Å²) in [6.07, 6.45) is 8.15. The number of nitrogens with two attached hydrogens (primary N) is 2. The van der Waals surface area contributed by atoms with Gasteiger partial charge in [0.1, 0.15) is 11.5 Å². The van der Waals surface area contributed by atoms with Gasteiger partial charge in [-0.1, -0.05) is 25.0 Å². The summed E-state index contributed by atoms with van der Waals surface area (Å²) in [5.41, 5.74) is 13.9. The lowest BCUT2D eigenvalue weighted by Crippen LogP contribution is -2.32. The number of nitrogens with one attached hydrogen (secondary N) is 2. The second kappa shape index (κ2) is 8.22. The van der Waals surface area contributed by atoms with Crippen LogP contribution in [-0.4, -0.2) is 27.3 Å².